The van der Waals surface area contributed by atoms with Crippen molar-refractivity contribution in [2.24, 2.45) is 0 Å². The number of benzene rings is 1. The predicted octanol–water partition coefficient (Wildman–Crippen LogP) is 2.09. The molecule has 5 heteroatoms. The van der Waals surface area contributed by atoms with Gasteiger partial charge in [0, 0.05) is 12.0 Å². The summed E-state index contributed by atoms with van der Waals surface area (Å²) in [4.78, 5) is 15.7. The second kappa shape index (κ2) is 4.92. The van der Waals surface area contributed by atoms with E-state index in [1.165, 1.54) is 5.56 Å². The molecule has 1 saturated carbocycles. The Morgan fingerprint density at radius 2 is 2.10 bits per heavy atom. The van der Waals surface area contributed by atoms with Crippen LogP contribution in [0.4, 0.5) is 10.2 Å². The number of carbonyl (C=O) groups excluding carboxylic acids is 1. The lowest BCUT2D eigenvalue weighted by Crippen LogP contribution is -2.27. The second-order valence-corrected chi connectivity index (χ2v) is 4.92. The molecule has 0 radical (unpaired) electrons. The Hall–Kier alpha value is -2.43. The fourth-order valence-corrected chi connectivity index (χ4v) is 2.30. The molecular weight excluding hydrogens is 257 g/mol. The van der Waals surface area contributed by atoms with E-state index < -0.39 is 5.82 Å². The molecule has 1 fully saturated rings. The first-order chi connectivity index (χ1) is 9.65. The van der Waals surface area contributed by atoms with E-state index in [9.17, 15) is 9.18 Å². The standard InChI is InChI=1S/C15H14FN3O/c16-10-6-12(14(17)18-8-10)15(20)19-13-7-11(13)9-4-2-1-3-5-9/h1-6,8,11,13H,7H2,(H2,17,18)(H,19,20). The highest BCUT2D eigenvalue weighted by Gasteiger charge is 2.39. The van der Waals surface area contributed by atoms with Crippen LogP contribution in [-0.4, -0.2) is 16.9 Å². The summed E-state index contributed by atoms with van der Waals surface area (Å²) in [6.45, 7) is 0. The minimum atomic E-state index is -0.570. The number of anilines is 1. The van der Waals surface area contributed by atoms with Crippen LogP contribution in [0.2, 0.25) is 0 Å². The molecule has 20 heavy (non-hydrogen) atoms. The second-order valence-electron chi connectivity index (χ2n) is 4.92. The molecule has 1 aromatic heterocycles. The minimum absolute atomic E-state index is 0.0424. The number of nitrogens with one attached hydrogen (secondary N) is 1. The quantitative estimate of drug-likeness (QED) is 0.898. The van der Waals surface area contributed by atoms with Crippen LogP contribution in [0, 0.1) is 5.82 Å². The highest BCUT2D eigenvalue weighted by atomic mass is 19.1. The maximum atomic E-state index is 13.1. The van der Waals surface area contributed by atoms with Crippen LogP contribution in [0.3, 0.4) is 0 Å². The average Bonchev–Trinajstić information content (AvgIpc) is 3.21. The number of hydrogen-bond donors (Lipinski definition) is 2. The SMILES string of the molecule is Nc1ncc(F)cc1C(=O)NC1CC1c1ccccc1. The van der Waals surface area contributed by atoms with E-state index in [0.29, 0.717) is 5.92 Å². The van der Waals surface area contributed by atoms with Crippen molar-refractivity contribution in [1.29, 1.82) is 0 Å². The molecule has 0 saturated heterocycles. The molecule has 1 heterocycles. The van der Waals surface area contributed by atoms with Crippen molar-refractivity contribution in [3.05, 3.63) is 59.5 Å². The van der Waals surface area contributed by atoms with Gasteiger partial charge in [0.25, 0.3) is 5.91 Å². The molecule has 1 aromatic carbocycles. The van der Waals surface area contributed by atoms with Crippen LogP contribution in [-0.2, 0) is 0 Å². The normalized spacial score (nSPS) is 20.4. The monoisotopic (exact) mass is 271 g/mol. The summed E-state index contributed by atoms with van der Waals surface area (Å²) in [7, 11) is 0. The average molecular weight is 271 g/mol. The van der Waals surface area contributed by atoms with Gasteiger partial charge in [-0.3, -0.25) is 4.79 Å². The number of amides is 1. The van der Waals surface area contributed by atoms with Gasteiger partial charge in [0.1, 0.15) is 11.6 Å². The number of halogens is 1. The van der Waals surface area contributed by atoms with Crippen LogP contribution in [0.15, 0.2) is 42.6 Å². The van der Waals surface area contributed by atoms with Crippen molar-refractivity contribution >= 4 is 11.7 Å². The van der Waals surface area contributed by atoms with E-state index in [2.05, 4.69) is 10.3 Å². The number of carbonyl (C=O) groups is 1. The fraction of sp³-hybridized carbons (Fsp3) is 0.200. The molecule has 2 unspecified atom stereocenters. The molecular formula is C15H14FN3O. The van der Waals surface area contributed by atoms with Gasteiger partial charge in [-0.25, -0.2) is 9.37 Å². The smallest absolute Gasteiger partial charge is 0.255 e. The Bertz CT molecular complexity index is 645. The molecule has 4 nitrogen and oxygen atoms in total. The van der Waals surface area contributed by atoms with Gasteiger partial charge in [-0.1, -0.05) is 30.3 Å². The molecule has 0 bridgehead atoms. The lowest BCUT2D eigenvalue weighted by molar-refractivity contribution is 0.0950. The van der Waals surface area contributed by atoms with Crippen molar-refractivity contribution in [2.45, 2.75) is 18.4 Å². The van der Waals surface area contributed by atoms with Crippen molar-refractivity contribution in [3.63, 3.8) is 0 Å². The summed E-state index contributed by atoms with van der Waals surface area (Å²) in [6, 6.07) is 11.2. The van der Waals surface area contributed by atoms with Crippen LogP contribution in [0.25, 0.3) is 0 Å². The Kier molecular flexibility index (Phi) is 3.10. The Balaban J connectivity index is 1.68. The fourth-order valence-electron chi connectivity index (χ4n) is 2.30. The molecule has 0 spiro atoms. The van der Waals surface area contributed by atoms with E-state index in [1.807, 2.05) is 30.3 Å². The maximum Gasteiger partial charge on any atom is 0.255 e. The summed E-state index contributed by atoms with van der Waals surface area (Å²) in [5, 5.41) is 2.86. The van der Waals surface area contributed by atoms with Gasteiger partial charge >= 0.3 is 0 Å². The zero-order valence-corrected chi connectivity index (χ0v) is 10.7. The first kappa shape index (κ1) is 12.6. The Morgan fingerprint density at radius 3 is 2.85 bits per heavy atom. The third-order valence-corrected chi connectivity index (χ3v) is 3.46. The number of nitrogens with two attached hydrogens (primary N) is 1. The topological polar surface area (TPSA) is 68.0 Å². The molecule has 2 aromatic rings. The molecule has 1 amide bonds. The zero-order valence-electron chi connectivity index (χ0n) is 10.7. The van der Waals surface area contributed by atoms with Gasteiger partial charge in [-0.15, -0.1) is 0 Å². The summed E-state index contributed by atoms with van der Waals surface area (Å²) in [5.74, 6) is -0.582. The molecule has 102 valence electrons. The minimum Gasteiger partial charge on any atom is -0.383 e. The van der Waals surface area contributed by atoms with E-state index >= 15 is 0 Å². The molecule has 0 aliphatic heterocycles. The summed E-state index contributed by atoms with van der Waals surface area (Å²) in [6.07, 6.45) is 1.88. The molecule has 3 N–H and O–H groups in total. The molecule has 1 aliphatic carbocycles. The largest absolute Gasteiger partial charge is 0.383 e. The number of rotatable bonds is 3. The van der Waals surface area contributed by atoms with Gasteiger partial charge in [0.2, 0.25) is 0 Å². The van der Waals surface area contributed by atoms with E-state index in [-0.39, 0.29) is 23.3 Å². The lowest BCUT2D eigenvalue weighted by Gasteiger charge is -2.07. The van der Waals surface area contributed by atoms with Crippen LogP contribution in [0.1, 0.15) is 28.3 Å². The highest BCUT2D eigenvalue weighted by Crippen LogP contribution is 2.40. The number of nitrogens with zero attached hydrogens (tertiary/aromatic N) is 1. The van der Waals surface area contributed by atoms with Crippen molar-refractivity contribution in [2.75, 3.05) is 5.73 Å². The molecule has 3 rings (SSSR count). The summed E-state index contributed by atoms with van der Waals surface area (Å²) >= 11 is 0. The van der Waals surface area contributed by atoms with Gasteiger partial charge in [-0.05, 0) is 18.1 Å². The number of pyridine rings is 1. The maximum absolute atomic E-state index is 13.1. The van der Waals surface area contributed by atoms with Crippen LogP contribution >= 0.6 is 0 Å². The molecule has 2 atom stereocenters. The third kappa shape index (κ3) is 2.47. The van der Waals surface area contributed by atoms with Gasteiger partial charge < -0.3 is 11.1 Å². The summed E-state index contributed by atoms with van der Waals surface area (Å²) < 4.78 is 13.1. The van der Waals surface area contributed by atoms with Gasteiger partial charge in [0.05, 0.1) is 11.8 Å². The lowest BCUT2D eigenvalue weighted by atomic mass is 10.1. The van der Waals surface area contributed by atoms with E-state index in [4.69, 9.17) is 5.73 Å². The van der Waals surface area contributed by atoms with Gasteiger partial charge in [0.15, 0.2) is 0 Å². The third-order valence-electron chi connectivity index (χ3n) is 3.46. The Labute approximate surface area is 115 Å². The van der Waals surface area contributed by atoms with Crippen LogP contribution < -0.4 is 11.1 Å². The zero-order chi connectivity index (χ0) is 14.1. The first-order valence-corrected chi connectivity index (χ1v) is 6.42. The summed E-state index contributed by atoms with van der Waals surface area (Å²) in [5.41, 5.74) is 6.88. The van der Waals surface area contributed by atoms with Crippen molar-refractivity contribution < 1.29 is 9.18 Å². The van der Waals surface area contributed by atoms with E-state index in [0.717, 1.165) is 18.7 Å². The first-order valence-electron chi connectivity index (χ1n) is 6.42. The van der Waals surface area contributed by atoms with Crippen molar-refractivity contribution in [3.8, 4) is 0 Å². The van der Waals surface area contributed by atoms with Crippen molar-refractivity contribution in [1.82, 2.24) is 10.3 Å². The van der Waals surface area contributed by atoms with E-state index in [1.54, 1.807) is 0 Å². The number of nitrogen functional groups attached to an aromatic ring is 1. The molecule has 1 aliphatic rings. The van der Waals surface area contributed by atoms with Crippen LogP contribution in [0.5, 0.6) is 0 Å². The predicted molar refractivity (Wildman–Crippen MR) is 73.7 cm³/mol. The number of hydrogen-bond acceptors (Lipinski definition) is 3. The van der Waals surface area contributed by atoms with Gasteiger partial charge in [-0.2, -0.15) is 0 Å². The highest BCUT2D eigenvalue weighted by molar-refractivity contribution is 5.98. The Morgan fingerprint density at radius 1 is 1.35 bits per heavy atom. The number of aromatic nitrogens is 1.